The van der Waals surface area contributed by atoms with Crippen LogP contribution in [0.25, 0.3) is 22.3 Å². The van der Waals surface area contributed by atoms with Crippen molar-refractivity contribution in [1.82, 2.24) is 10.2 Å². The van der Waals surface area contributed by atoms with E-state index < -0.39 is 23.3 Å². The van der Waals surface area contributed by atoms with E-state index in [1.165, 1.54) is 19.2 Å². The number of nitrogens with one attached hydrogen (secondary N) is 1. The van der Waals surface area contributed by atoms with Gasteiger partial charge < -0.3 is 19.9 Å². The first-order chi connectivity index (χ1) is 14.4. The van der Waals surface area contributed by atoms with Crippen LogP contribution >= 0.6 is 0 Å². The second-order valence-corrected chi connectivity index (χ2v) is 7.45. The molecule has 3 N–H and O–H groups in total. The third-order valence-electron chi connectivity index (χ3n) is 5.50. The number of nitrogens with zero attached hydrogens (tertiary/aromatic N) is 1. The molecule has 30 heavy (non-hydrogen) atoms. The van der Waals surface area contributed by atoms with Crippen LogP contribution in [0.4, 0.5) is 8.78 Å². The highest BCUT2D eigenvalue weighted by Gasteiger charge is 2.27. The number of carbonyl (C=O) groups is 1. The molecule has 1 saturated heterocycles. The molecule has 1 aliphatic heterocycles. The standard InChI is InChI=1S/C22H22F2N2O4/c1-25-22(29)19-18-13(11-26-7-3-2-4-8-26)16(27)5-6-17(18)30-21(19)12-9-14(23)20(28)15(24)10-12/h5-6,9-10,27-28H,2-4,7-8,11H2,1H3,(H,25,29). The molecule has 0 radical (unpaired) electrons. The maximum Gasteiger partial charge on any atom is 0.255 e. The number of carbonyl (C=O) groups excluding carboxylic acids is 1. The highest BCUT2D eigenvalue weighted by molar-refractivity contribution is 6.12. The van der Waals surface area contributed by atoms with Crippen molar-refractivity contribution in [2.24, 2.45) is 0 Å². The third kappa shape index (κ3) is 3.47. The van der Waals surface area contributed by atoms with Gasteiger partial charge in [-0.1, -0.05) is 6.42 Å². The van der Waals surface area contributed by atoms with Gasteiger partial charge in [0.25, 0.3) is 5.91 Å². The number of phenols is 2. The topological polar surface area (TPSA) is 85.9 Å². The van der Waals surface area contributed by atoms with Crippen LogP contribution in [-0.2, 0) is 6.54 Å². The van der Waals surface area contributed by atoms with Gasteiger partial charge in [-0.05, 0) is 50.2 Å². The lowest BCUT2D eigenvalue weighted by Gasteiger charge is -2.27. The number of rotatable bonds is 4. The molecule has 0 spiro atoms. The van der Waals surface area contributed by atoms with Gasteiger partial charge in [0.2, 0.25) is 0 Å². The number of aromatic hydroxyl groups is 2. The van der Waals surface area contributed by atoms with Crippen LogP contribution in [0.5, 0.6) is 11.5 Å². The predicted octanol–water partition coefficient (Wildman–Crippen LogP) is 4.13. The minimum absolute atomic E-state index is 0.0219. The van der Waals surface area contributed by atoms with Gasteiger partial charge in [-0.15, -0.1) is 0 Å². The minimum Gasteiger partial charge on any atom is -0.508 e. The zero-order valence-electron chi connectivity index (χ0n) is 16.5. The molecular formula is C22H22F2N2O4. The number of amides is 1. The van der Waals surface area contributed by atoms with Crippen LogP contribution in [0.1, 0.15) is 35.2 Å². The molecule has 6 nitrogen and oxygen atoms in total. The Labute approximate surface area is 171 Å². The molecule has 158 valence electrons. The molecule has 3 aromatic rings. The van der Waals surface area contributed by atoms with Gasteiger partial charge in [0.15, 0.2) is 17.4 Å². The Morgan fingerprint density at radius 3 is 2.43 bits per heavy atom. The normalized spacial score (nSPS) is 14.9. The Hall–Kier alpha value is -3.13. The van der Waals surface area contributed by atoms with Crippen molar-refractivity contribution in [2.45, 2.75) is 25.8 Å². The van der Waals surface area contributed by atoms with Gasteiger partial charge in [0.05, 0.1) is 5.56 Å². The lowest BCUT2D eigenvalue weighted by molar-refractivity contribution is 0.0964. The van der Waals surface area contributed by atoms with Gasteiger partial charge in [-0.25, -0.2) is 8.78 Å². The fourth-order valence-electron chi connectivity index (χ4n) is 3.99. The zero-order chi connectivity index (χ0) is 21.4. The maximum atomic E-state index is 14.0. The highest BCUT2D eigenvalue weighted by Crippen LogP contribution is 2.40. The van der Waals surface area contributed by atoms with Gasteiger partial charge >= 0.3 is 0 Å². The van der Waals surface area contributed by atoms with E-state index in [4.69, 9.17) is 4.42 Å². The van der Waals surface area contributed by atoms with E-state index in [-0.39, 0.29) is 22.6 Å². The fraction of sp³-hybridized carbons (Fsp3) is 0.318. The van der Waals surface area contributed by atoms with Crippen LogP contribution in [0.3, 0.4) is 0 Å². The lowest BCUT2D eigenvalue weighted by Crippen LogP contribution is -2.29. The van der Waals surface area contributed by atoms with Gasteiger partial charge in [-0.3, -0.25) is 9.69 Å². The summed E-state index contributed by atoms with van der Waals surface area (Å²) < 4.78 is 33.8. The second kappa shape index (κ2) is 7.95. The van der Waals surface area contributed by atoms with E-state index in [9.17, 15) is 23.8 Å². The van der Waals surface area contributed by atoms with Crippen molar-refractivity contribution in [3.63, 3.8) is 0 Å². The van der Waals surface area contributed by atoms with E-state index in [0.717, 1.165) is 44.5 Å². The van der Waals surface area contributed by atoms with Crippen molar-refractivity contribution < 1.29 is 28.2 Å². The van der Waals surface area contributed by atoms with Gasteiger partial charge in [-0.2, -0.15) is 0 Å². The number of piperidine rings is 1. The molecule has 0 unspecified atom stereocenters. The molecular weight excluding hydrogens is 394 g/mol. The number of hydrogen-bond acceptors (Lipinski definition) is 5. The quantitative estimate of drug-likeness (QED) is 0.595. The highest BCUT2D eigenvalue weighted by atomic mass is 19.1. The number of fused-ring (bicyclic) bond motifs is 1. The Balaban J connectivity index is 1.94. The number of likely N-dealkylation sites (tertiary alicyclic amines) is 1. The molecule has 1 amide bonds. The van der Waals surface area contributed by atoms with Crippen molar-refractivity contribution in [3.05, 3.63) is 47.0 Å². The molecule has 0 atom stereocenters. The first-order valence-corrected chi connectivity index (χ1v) is 9.81. The molecule has 1 aromatic heterocycles. The Kier molecular flexibility index (Phi) is 5.34. The van der Waals surface area contributed by atoms with Crippen molar-refractivity contribution >= 4 is 16.9 Å². The summed E-state index contributed by atoms with van der Waals surface area (Å²) in [6.07, 6.45) is 3.27. The van der Waals surface area contributed by atoms with E-state index >= 15 is 0 Å². The largest absolute Gasteiger partial charge is 0.508 e. The molecule has 4 rings (SSSR count). The maximum absolute atomic E-state index is 14.0. The lowest BCUT2D eigenvalue weighted by atomic mass is 9.99. The molecule has 1 fully saturated rings. The summed E-state index contributed by atoms with van der Waals surface area (Å²) in [5.41, 5.74) is 0.908. The van der Waals surface area contributed by atoms with Crippen molar-refractivity contribution in [2.75, 3.05) is 20.1 Å². The van der Waals surface area contributed by atoms with E-state index in [1.807, 2.05) is 0 Å². The Morgan fingerprint density at radius 1 is 1.13 bits per heavy atom. The number of halogens is 2. The summed E-state index contributed by atoms with van der Waals surface area (Å²) in [5, 5.41) is 22.9. The van der Waals surface area contributed by atoms with Crippen molar-refractivity contribution in [3.8, 4) is 22.8 Å². The first kappa shape index (κ1) is 20.2. The Bertz CT molecular complexity index is 1100. The summed E-state index contributed by atoms with van der Waals surface area (Å²) in [6, 6.07) is 4.83. The third-order valence-corrected chi connectivity index (χ3v) is 5.50. The zero-order valence-corrected chi connectivity index (χ0v) is 16.5. The average Bonchev–Trinajstić information content (AvgIpc) is 3.14. The van der Waals surface area contributed by atoms with E-state index in [1.54, 1.807) is 0 Å². The summed E-state index contributed by atoms with van der Waals surface area (Å²) >= 11 is 0. The Morgan fingerprint density at radius 2 is 1.80 bits per heavy atom. The van der Waals surface area contributed by atoms with Crippen LogP contribution in [0.2, 0.25) is 0 Å². The molecule has 2 aromatic carbocycles. The van der Waals surface area contributed by atoms with Crippen LogP contribution in [0.15, 0.2) is 28.7 Å². The molecule has 0 bridgehead atoms. The van der Waals surface area contributed by atoms with E-state index in [2.05, 4.69) is 10.2 Å². The molecule has 0 saturated carbocycles. The summed E-state index contributed by atoms with van der Waals surface area (Å²) in [6.45, 7) is 2.18. The number of phenolic OH excluding ortho intramolecular Hbond substituents is 2. The van der Waals surface area contributed by atoms with Crippen LogP contribution in [-0.4, -0.2) is 41.2 Å². The summed E-state index contributed by atoms with van der Waals surface area (Å²) in [4.78, 5) is 15.0. The number of furan rings is 1. The van der Waals surface area contributed by atoms with Gasteiger partial charge in [0, 0.05) is 30.1 Å². The fourth-order valence-corrected chi connectivity index (χ4v) is 3.99. The molecule has 0 aliphatic carbocycles. The summed E-state index contributed by atoms with van der Waals surface area (Å²) in [7, 11) is 1.44. The smallest absolute Gasteiger partial charge is 0.255 e. The molecule has 2 heterocycles. The average molecular weight is 416 g/mol. The first-order valence-electron chi connectivity index (χ1n) is 9.81. The molecule has 1 aliphatic rings. The monoisotopic (exact) mass is 416 g/mol. The number of hydrogen-bond donors (Lipinski definition) is 3. The van der Waals surface area contributed by atoms with Crippen LogP contribution in [0, 0.1) is 11.6 Å². The van der Waals surface area contributed by atoms with E-state index in [0.29, 0.717) is 23.1 Å². The predicted molar refractivity (Wildman–Crippen MR) is 107 cm³/mol. The number of benzene rings is 2. The minimum atomic E-state index is -1.16. The molecule has 8 heteroatoms. The van der Waals surface area contributed by atoms with Crippen LogP contribution < -0.4 is 5.32 Å². The SMILES string of the molecule is CNC(=O)c1c(-c2cc(F)c(O)c(F)c2)oc2ccc(O)c(CN3CCCCC3)c12. The van der Waals surface area contributed by atoms with Crippen molar-refractivity contribution in [1.29, 1.82) is 0 Å². The second-order valence-electron chi connectivity index (χ2n) is 7.45. The van der Waals surface area contributed by atoms with Gasteiger partial charge in [0.1, 0.15) is 17.1 Å². The summed E-state index contributed by atoms with van der Waals surface area (Å²) in [5.74, 6) is -3.95.